The van der Waals surface area contributed by atoms with Crippen molar-refractivity contribution in [3.63, 3.8) is 0 Å². The fourth-order valence-electron chi connectivity index (χ4n) is 2.07. The van der Waals surface area contributed by atoms with Crippen LogP contribution in [0.25, 0.3) is 0 Å². The normalized spacial score (nSPS) is 12.0. The molecule has 21 heavy (non-hydrogen) atoms. The van der Waals surface area contributed by atoms with E-state index in [4.69, 9.17) is 14.7 Å². The maximum absolute atomic E-state index is 9.98. The fraction of sp³-hybridized carbons (Fsp3) is 0.133. The van der Waals surface area contributed by atoms with Gasteiger partial charge in [0.2, 0.25) is 6.79 Å². The number of phenols is 1. The summed E-state index contributed by atoms with van der Waals surface area (Å²) >= 11 is 3.33. The largest absolute Gasteiger partial charge is 0.507 e. The predicted octanol–water partition coefficient (Wildman–Crippen LogP) is 3.37. The van der Waals surface area contributed by atoms with E-state index in [0.29, 0.717) is 34.9 Å². The van der Waals surface area contributed by atoms with Gasteiger partial charge in [0.25, 0.3) is 0 Å². The SMILES string of the molecule is N#Cc1cc(Br)ccc1NCc1cc2c(cc1O)OCO2. The first kappa shape index (κ1) is 13.6. The zero-order valence-corrected chi connectivity index (χ0v) is 12.5. The summed E-state index contributed by atoms with van der Waals surface area (Å²) in [6.07, 6.45) is 0. The summed E-state index contributed by atoms with van der Waals surface area (Å²) in [7, 11) is 0. The second-order valence-corrected chi connectivity index (χ2v) is 5.41. The number of rotatable bonds is 3. The van der Waals surface area contributed by atoms with Gasteiger partial charge in [-0.1, -0.05) is 15.9 Å². The van der Waals surface area contributed by atoms with E-state index in [1.54, 1.807) is 12.1 Å². The van der Waals surface area contributed by atoms with Gasteiger partial charge in [0.05, 0.1) is 11.3 Å². The van der Waals surface area contributed by atoms with Crippen molar-refractivity contribution in [1.82, 2.24) is 0 Å². The lowest BCUT2D eigenvalue weighted by Crippen LogP contribution is -2.01. The van der Waals surface area contributed by atoms with E-state index >= 15 is 0 Å². The Balaban J connectivity index is 1.81. The van der Waals surface area contributed by atoms with Crippen molar-refractivity contribution in [3.8, 4) is 23.3 Å². The molecule has 0 unspecified atom stereocenters. The summed E-state index contributed by atoms with van der Waals surface area (Å²) in [4.78, 5) is 0. The highest BCUT2D eigenvalue weighted by Crippen LogP contribution is 2.37. The van der Waals surface area contributed by atoms with Crippen LogP contribution in [0.5, 0.6) is 17.2 Å². The molecule has 0 bridgehead atoms. The summed E-state index contributed by atoms with van der Waals surface area (Å²) in [6.45, 7) is 0.537. The van der Waals surface area contributed by atoms with E-state index in [-0.39, 0.29) is 12.5 Å². The topological polar surface area (TPSA) is 74.5 Å². The number of hydrogen-bond acceptors (Lipinski definition) is 5. The summed E-state index contributed by atoms with van der Waals surface area (Å²) in [5.74, 6) is 1.28. The van der Waals surface area contributed by atoms with E-state index in [2.05, 4.69) is 27.3 Å². The van der Waals surface area contributed by atoms with Crippen molar-refractivity contribution >= 4 is 21.6 Å². The molecule has 5 nitrogen and oxygen atoms in total. The molecule has 0 radical (unpaired) electrons. The third kappa shape index (κ3) is 2.73. The molecule has 0 spiro atoms. The van der Waals surface area contributed by atoms with E-state index in [0.717, 1.165) is 4.47 Å². The first-order valence-corrected chi connectivity index (χ1v) is 7.01. The van der Waals surface area contributed by atoms with Crippen LogP contribution in [0, 0.1) is 11.3 Å². The van der Waals surface area contributed by atoms with Gasteiger partial charge in [0, 0.05) is 22.6 Å². The van der Waals surface area contributed by atoms with Crippen LogP contribution >= 0.6 is 15.9 Å². The zero-order valence-electron chi connectivity index (χ0n) is 10.9. The van der Waals surface area contributed by atoms with Gasteiger partial charge in [-0.3, -0.25) is 0 Å². The average Bonchev–Trinajstić information content (AvgIpc) is 2.92. The molecule has 0 aromatic heterocycles. The Morgan fingerprint density at radius 1 is 1.24 bits per heavy atom. The summed E-state index contributed by atoms with van der Waals surface area (Å²) in [5.41, 5.74) is 1.91. The van der Waals surface area contributed by atoms with Crippen LogP contribution in [0.1, 0.15) is 11.1 Å². The Hall–Kier alpha value is -2.39. The van der Waals surface area contributed by atoms with Crippen molar-refractivity contribution in [2.75, 3.05) is 12.1 Å². The molecule has 0 saturated carbocycles. The van der Waals surface area contributed by atoms with Crippen LogP contribution in [0.3, 0.4) is 0 Å². The third-order valence-corrected chi connectivity index (χ3v) is 3.64. The second kappa shape index (κ2) is 5.54. The molecular weight excluding hydrogens is 336 g/mol. The fourth-order valence-corrected chi connectivity index (χ4v) is 2.43. The number of nitrogens with zero attached hydrogens (tertiary/aromatic N) is 1. The zero-order chi connectivity index (χ0) is 14.8. The molecule has 0 saturated heterocycles. The van der Waals surface area contributed by atoms with E-state index in [1.807, 2.05) is 12.1 Å². The lowest BCUT2D eigenvalue weighted by atomic mass is 10.1. The molecule has 0 fully saturated rings. The second-order valence-electron chi connectivity index (χ2n) is 4.49. The molecule has 1 heterocycles. The highest BCUT2D eigenvalue weighted by atomic mass is 79.9. The number of nitriles is 1. The standard InChI is InChI=1S/C15H11BrN2O3/c16-11-1-2-12(9(3-11)6-17)18-7-10-4-14-15(5-13(10)19)21-8-20-14/h1-5,18-19H,7-8H2. The lowest BCUT2D eigenvalue weighted by molar-refractivity contribution is 0.174. The van der Waals surface area contributed by atoms with Crippen molar-refractivity contribution in [1.29, 1.82) is 5.26 Å². The van der Waals surface area contributed by atoms with Crippen LogP contribution in [0.15, 0.2) is 34.8 Å². The first-order chi connectivity index (χ1) is 10.2. The number of halogens is 1. The number of benzene rings is 2. The Kier molecular flexibility index (Phi) is 3.59. The number of aromatic hydroxyl groups is 1. The summed E-state index contributed by atoms with van der Waals surface area (Å²) in [5, 5.41) is 22.2. The number of anilines is 1. The molecule has 1 aliphatic rings. The van der Waals surface area contributed by atoms with Crippen molar-refractivity contribution in [2.24, 2.45) is 0 Å². The number of hydrogen-bond donors (Lipinski definition) is 2. The monoisotopic (exact) mass is 346 g/mol. The van der Waals surface area contributed by atoms with E-state index < -0.39 is 0 Å². The minimum atomic E-state index is 0.127. The summed E-state index contributed by atoms with van der Waals surface area (Å²) < 4.78 is 11.3. The molecule has 0 amide bonds. The van der Waals surface area contributed by atoms with Crippen molar-refractivity contribution in [3.05, 3.63) is 45.9 Å². The Morgan fingerprint density at radius 3 is 2.76 bits per heavy atom. The minimum Gasteiger partial charge on any atom is -0.507 e. The smallest absolute Gasteiger partial charge is 0.231 e. The van der Waals surface area contributed by atoms with Gasteiger partial charge in [-0.2, -0.15) is 5.26 Å². The highest BCUT2D eigenvalue weighted by molar-refractivity contribution is 9.10. The van der Waals surface area contributed by atoms with Gasteiger partial charge in [0.1, 0.15) is 11.8 Å². The van der Waals surface area contributed by atoms with Gasteiger partial charge in [-0.15, -0.1) is 0 Å². The van der Waals surface area contributed by atoms with Crippen LogP contribution in [-0.4, -0.2) is 11.9 Å². The first-order valence-electron chi connectivity index (χ1n) is 6.22. The minimum absolute atomic E-state index is 0.127. The molecule has 2 N–H and O–H groups in total. The van der Waals surface area contributed by atoms with Gasteiger partial charge >= 0.3 is 0 Å². The average molecular weight is 347 g/mol. The number of nitrogens with one attached hydrogen (secondary N) is 1. The van der Waals surface area contributed by atoms with Crippen LogP contribution in [0.4, 0.5) is 5.69 Å². The van der Waals surface area contributed by atoms with Gasteiger partial charge < -0.3 is 19.9 Å². The molecule has 0 atom stereocenters. The predicted molar refractivity (Wildman–Crippen MR) is 80.4 cm³/mol. The molecular formula is C15H11BrN2O3. The van der Waals surface area contributed by atoms with Crippen LogP contribution in [0.2, 0.25) is 0 Å². The van der Waals surface area contributed by atoms with Crippen molar-refractivity contribution < 1.29 is 14.6 Å². The number of ether oxygens (including phenoxy) is 2. The third-order valence-electron chi connectivity index (χ3n) is 3.15. The highest BCUT2D eigenvalue weighted by Gasteiger charge is 2.17. The Labute approximate surface area is 129 Å². The molecule has 2 aromatic carbocycles. The Morgan fingerprint density at radius 2 is 2.00 bits per heavy atom. The number of fused-ring (bicyclic) bond motifs is 1. The molecule has 106 valence electrons. The van der Waals surface area contributed by atoms with E-state index in [1.165, 1.54) is 6.07 Å². The molecule has 3 rings (SSSR count). The van der Waals surface area contributed by atoms with Crippen molar-refractivity contribution in [2.45, 2.75) is 6.54 Å². The Bertz CT molecular complexity index is 740. The van der Waals surface area contributed by atoms with E-state index in [9.17, 15) is 5.11 Å². The van der Waals surface area contributed by atoms with Crippen LogP contribution < -0.4 is 14.8 Å². The van der Waals surface area contributed by atoms with Gasteiger partial charge in [-0.25, -0.2) is 0 Å². The molecule has 1 aliphatic heterocycles. The molecule has 0 aliphatic carbocycles. The van der Waals surface area contributed by atoms with Gasteiger partial charge in [0.15, 0.2) is 11.5 Å². The maximum atomic E-state index is 9.98. The quantitative estimate of drug-likeness (QED) is 0.891. The lowest BCUT2D eigenvalue weighted by Gasteiger charge is -2.10. The van der Waals surface area contributed by atoms with Gasteiger partial charge in [-0.05, 0) is 24.3 Å². The molecule has 2 aromatic rings. The summed E-state index contributed by atoms with van der Waals surface area (Å²) in [6, 6.07) is 10.8. The maximum Gasteiger partial charge on any atom is 0.231 e. The van der Waals surface area contributed by atoms with Crippen LogP contribution in [-0.2, 0) is 6.54 Å². The molecule has 6 heteroatoms. The number of phenolic OH excluding ortho intramolecular Hbond substituents is 1.